The molecule has 0 aliphatic carbocycles. The van der Waals surface area contributed by atoms with Crippen molar-refractivity contribution in [2.75, 3.05) is 13.1 Å². The van der Waals surface area contributed by atoms with Gasteiger partial charge in [0.2, 0.25) is 5.91 Å². The van der Waals surface area contributed by atoms with Gasteiger partial charge in [0.25, 0.3) is 5.56 Å². The Balaban J connectivity index is 1.71. The van der Waals surface area contributed by atoms with Crippen LogP contribution in [0, 0.1) is 5.92 Å². The first-order valence-electron chi connectivity index (χ1n) is 8.85. The second kappa shape index (κ2) is 6.29. The van der Waals surface area contributed by atoms with Gasteiger partial charge in [-0.1, -0.05) is 13.8 Å². The highest BCUT2D eigenvalue weighted by Gasteiger charge is 2.22. The highest BCUT2D eigenvalue weighted by molar-refractivity contribution is 7.16. The molecule has 132 valence electrons. The normalized spacial score (nSPS) is 16.2. The van der Waals surface area contributed by atoms with Crippen molar-refractivity contribution in [1.29, 1.82) is 0 Å². The quantitative estimate of drug-likeness (QED) is 0.723. The Morgan fingerprint density at radius 3 is 2.84 bits per heavy atom. The molecular weight excluding hydrogens is 336 g/mol. The fourth-order valence-electron chi connectivity index (χ4n) is 3.52. The molecule has 1 fully saturated rings. The number of hydrogen-bond donors (Lipinski definition) is 0. The van der Waals surface area contributed by atoms with Crippen LogP contribution in [0.5, 0.6) is 0 Å². The van der Waals surface area contributed by atoms with Crippen molar-refractivity contribution in [3.63, 3.8) is 0 Å². The molecule has 0 radical (unpaired) electrons. The second-order valence-corrected chi connectivity index (χ2v) is 7.74. The first-order chi connectivity index (χ1) is 12.1. The van der Waals surface area contributed by atoms with Crippen molar-refractivity contribution in [2.45, 2.75) is 39.7 Å². The molecule has 3 aromatic heterocycles. The van der Waals surface area contributed by atoms with Crippen LogP contribution in [0.25, 0.3) is 15.7 Å². The molecule has 3 aromatic rings. The van der Waals surface area contributed by atoms with Crippen molar-refractivity contribution in [1.82, 2.24) is 19.1 Å². The molecular formula is C18H22N4O2S. The summed E-state index contributed by atoms with van der Waals surface area (Å²) in [5, 5.41) is 7.56. The molecule has 0 spiro atoms. The van der Waals surface area contributed by atoms with Crippen molar-refractivity contribution >= 4 is 33.0 Å². The summed E-state index contributed by atoms with van der Waals surface area (Å²) in [6.45, 7) is 5.81. The molecule has 0 saturated carbocycles. The van der Waals surface area contributed by atoms with Gasteiger partial charge in [-0.15, -0.1) is 11.3 Å². The summed E-state index contributed by atoms with van der Waals surface area (Å²) in [5.74, 6) is 1.47. The molecule has 0 N–H and O–H groups in total. The van der Waals surface area contributed by atoms with Crippen LogP contribution >= 0.6 is 11.3 Å². The maximum atomic E-state index is 12.8. The highest BCUT2D eigenvalue weighted by Crippen LogP contribution is 2.24. The molecule has 4 heterocycles. The van der Waals surface area contributed by atoms with Gasteiger partial charge < -0.3 is 4.90 Å². The average Bonchev–Trinajstić information content (AvgIpc) is 3.19. The minimum absolute atomic E-state index is 0.0127. The van der Waals surface area contributed by atoms with Crippen LogP contribution in [0.4, 0.5) is 0 Å². The molecule has 1 amide bonds. The second-order valence-electron chi connectivity index (χ2n) is 6.84. The molecule has 0 unspecified atom stereocenters. The van der Waals surface area contributed by atoms with E-state index in [2.05, 4.69) is 12.0 Å². The summed E-state index contributed by atoms with van der Waals surface area (Å²) in [6.07, 6.45) is 2.76. The number of aromatic nitrogens is 3. The van der Waals surface area contributed by atoms with Gasteiger partial charge in [-0.2, -0.15) is 5.10 Å². The van der Waals surface area contributed by atoms with Crippen LogP contribution in [0.1, 0.15) is 32.5 Å². The van der Waals surface area contributed by atoms with Gasteiger partial charge in [0, 0.05) is 24.9 Å². The number of nitrogens with zero attached hydrogens (tertiary/aromatic N) is 4. The third-order valence-corrected chi connectivity index (χ3v) is 6.01. The lowest BCUT2D eigenvalue weighted by Crippen LogP contribution is -2.42. The maximum Gasteiger partial charge on any atom is 0.291 e. The Morgan fingerprint density at radius 1 is 1.36 bits per heavy atom. The number of amides is 1. The highest BCUT2D eigenvalue weighted by atomic mass is 32.1. The molecule has 7 heteroatoms. The summed E-state index contributed by atoms with van der Waals surface area (Å²) in [4.78, 5) is 28.4. The van der Waals surface area contributed by atoms with Crippen LogP contribution in [-0.2, 0) is 17.8 Å². The number of likely N-dealkylation sites (tertiary alicyclic amines) is 1. The summed E-state index contributed by atoms with van der Waals surface area (Å²) in [6, 6.07) is 3.91. The molecule has 25 heavy (non-hydrogen) atoms. The molecule has 6 nitrogen and oxygen atoms in total. The molecule has 0 atom stereocenters. The van der Waals surface area contributed by atoms with Crippen LogP contribution in [-0.4, -0.2) is 38.1 Å². The van der Waals surface area contributed by atoms with E-state index in [-0.39, 0.29) is 18.0 Å². The lowest BCUT2D eigenvalue weighted by Gasteiger charge is -2.30. The Labute approximate surface area is 149 Å². The number of rotatable bonds is 3. The number of thiophene rings is 1. The zero-order valence-electron chi connectivity index (χ0n) is 14.6. The van der Waals surface area contributed by atoms with Crippen LogP contribution < -0.4 is 5.56 Å². The minimum atomic E-state index is -0.195. The number of hydrogen-bond acceptors (Lipinski definition) is 4. The Hall–Kier alpha value is -2.15. The van der Waals surface area contributed by atoms with Crippen LogP contribution in [0.15, 0.2) is 22.3 Å². The van der Waals surface area contributed by atoms with Crippen molar-refractivity contribution in [3.8, 4) is 0 Å². The van der Waals surface area contributed by atoms with E-state index in [1.54, 1.807) is 11.3 Å². The third kappa shape index (κ3) is 2.76. The monoisotopic (exact) mass is 358 g/mol. The fraction of sp³-hybridized carbons (Fsp3) is 0.500. The third-order valence-electron chi connectivity index (χ3n) is 5.10. The smallest absolute Gasteiger partial charge is 0.291 e. The Kier molecular flexibility index (Phi) is 4.11. The first kappa shape index (κ1) is 16.3. The lowest BCUT2D eigenvalue weighted by molar-refractivity contribution is -0.133. The summed E-state index contributed by atoms with van der Waals surface area (Å²) >= 11 is 1.60. The number of carbonyl (C=O) groups excluding carboxylic acids is 1. The van der Waals surface area contributed by atoms with E-state index in [1.807, 2.05) is 33.7 Å². The number of carbonyl (C=O) groups is 1. The van der Waals surface area contributed by atoms with Crippen molar-refractivity contribution in [2.24, 2.45) is 5.92 Å². The van der Waals surface area contributed by atoms with Gasteiger partial charge in [0.1, 0.15) is 22.7 Å². The number of aryl methyl sites for hydroxylation is 1. The van der Waals surface area contributed by atoms with E-state index in [0.29, 0.717) is 17.9 Å². The maximum absolute atomic E-state index is 12.8. The molecule has 4 rings (SSSR count). The van der Waals surface area contributed by atoms with Gasteiger partial charge in [0.05, 0.1) is 0 Å². The zero-order valence-corrected chi connectivity index (χ0v) is 15.4. The van der Waals surface area contributed by atoms with Gasteiger partial charge in [-0.25, -0.2) is 4.68 Å². The molecule has 1 aliphatic rings. The van der Waals surface area contributed by atoms with Gasteiger partial charge in [-0.3, -0.25) is 14.0 Å². The van der Waals surface area contributed by atoms with E-state index in [1.165, 1.54) is 4.68 Å². The van der Waals surface area contributed by atoms with Gasteiger partial charge >= 0.3 is 0 Å². The lowest BCUT2D eigenvalue weighted by atomic mass is 9.99. The van der Waals surface area contributed by atoms with Crippen molar-refractivity contribution in [3.05, 3.63) is 33.7 Å². The molecule has 0 bridgehead atoms. The fourth-order valence-corrected chi connectivity index (χ4v) is 4.44. The van der Waals surface area contributed by atoms with Gasteiger partial charge in [-0.05, 0) is 36.3 Å². The molecule has 1 saturated heterocycles. The average molecular weight is 358 g/mol. The number of fused-ring (bicyclic) bond motifs is 3. The number of piperidine rings is 1. The van der Waals surface area contributed by atoms with Gasteiger partial charge in [0.15, 0.2) is 0 Å². The molecule has 0 aromatic carbocycles. The zero-order chi connectivity index (χ0) is 17.6. The SMILES string of the molecule is CCc1nn(CC(=O)N2CCC(C)CC2)c(=O)c2cc3ccsc3n12. The van der Waals surface area contributed by atoms with Crippen LogP contribution in [0.2, 0.25) is 0 Å². The van der Waals surface area contributed by atoms with E-state index in [0.717, 1.165) is 42.0 Å². The summed E-state index contributed by atoms with van der Waals surface area (Å²) in [7, 11) is 0. The predicted octanol–water partition coefficient (Wildman–Crippen LogP) is 2.53. The standard InChI is InChI=1S/C18H22N4O2S/c1-3-15-19-21(11-16(23)20-7-4-12(2)5-8-20)17(24)14-10-13-6-9-25-18(13)22(14)15/h6,9-10,12H,3-5,7-8,11H2,1-2H3. The van der Waals surface area contributed by atoms with Crippen molar-refractivity contribution < 1.29 is 4.79 Å². The Bertz CT molecular complexity index is 992. The van der Waals surface area contributed by atoms with E-state index in [9.17, 15) is 9.59 Å². The molecule has 1 aliphatic heterocycles. The summed E-state index contributed by atoms with van der Waals surface area (Å²) < 4.78 is 3.28. The first-order valence-corrected chi connectivity index (χ1v) is 9.73. The topological polar surface area (TPSA) is 59.6 Å². The van der Waals surface area contributed by atoms with E-state index in [4.69, 9.17) is 0 Å². The van der Waals surface area contributed by atoms with Crippen LogP contribution in [0.3, 0.4) is 0 Å². The largest absolute Gasteiger partial charge is 0.341 e. The summed E-state index contributed by atoms with van der Waals surface area (Å²) in [5.41, 5.74) is 0.410. The van der Waals surface area contributed by atoms with E-state index >= 15 is 0 Å². The van der Waals surface area contributed by atoms with E-state index < -0.39 is 0 Å². The predicted molar refractivity (Wildman–Crippen MR) is 99.2 cm³/mol. The Morgan fingerprint density at radius 2 is 2.12 bits per heavy atom. The minimum Gasteiger partial charge on any atom is -0.341 e.